The van der Waals surface area contributed by atoms with Gasteiger partial charge in [-0.1, -0.05) is 38.8 Å². The molecule has 22 heavy (non-hydrogen) atoms. The highest BCUT2D eigenvalue weighted by Crippen LogP contribution is 2.15. The van der Waals surface area contributed by atoms with E-state index < -0.39 is 0 Å². The van der Waals surface area contributed by atoms with E-state index in [4.69, 9.17) is 0 Å². The molecule has 0 saturated carbocycles. The van der Waals surface area contributed by atoms with Gasteiger partial charge in [0.15, 0.2) is 0 Å². The van der Waals surface area contributed by atoms with Gasteiger partial charge in [-0.2, -0.15) is 0 Å². The highest BCUT2D eigenvalue weighted by atomic mass is 16.1. The summed E-state index contributed by atoms with van der Waals surface area (Å²) in [5, 5.41) is 3.01. The maximum Gasteiger partial charge on any atom is 0.224 e. The fourth-order valence-electron chi connectivity index (χ4n) is 3.17. The molecule has 1 saturated heterocycles. The van der Waals surface area contributed by atoms with Crippen molar-refractivity contribution in [2.45, 2.75) is 52.4 Å². The summed E-state index contributed by atoms with van der Waals surface area (Å²) in [6.07, 6.45) is 6.66. The second-order valence-electron chi connectivity index (χ2n) is 6.64. The Hall–Kier alpha value is -1.35. The van der Waals surface area contributed by atoms with Gasteiger partial charge in [-0.3, -0.25) is 4.79 Å². The van der Waals surface area contributed by atoms with Gasteiger partial charge in [0.05, 0.1) is 0 Å². The number of anilines is 1. The van der Waals surface area contributed by atoms with Crippen molar-refractivity contribution >= 4 is 11.6 Å². The van der Waals surface area contributed by atoms with E-state index in [1.54, 1.807) is 0 Å². The highest BCUT2D eigenvalue weighted by molar-refractivity contribution is 5.90. The second-order valence-corrected chi connectivity index (χ2v) is 6.64. The fraction of sp³-hybridized carbons (Fsp3) is 0.632. The topological polar surface area (TPSA) is 32.3 Å². The van der Waals surface area contributed by atoms with Crippen LogP contribution in [-0.2, 0) is 11.2 Å². The van der Waals surface area contributed by atoms with Crippen molar-refractivity contribution in [3.8, 4) is 0 Å². The largest absolute Gasteiger partial charge is 0.326 e. The minimum atomic E-state index is 0.130. The first-order valence-corrected chi connectivity index (χ1v) is 8.78. The van der Waals surface area contributed by atoms with E-state index in [9.17, 15) is 4.79 Å². The zero-order valence-corrected chi connectivity index (χ0v) is 14.1. The molecule has 0 radical (unpaired) electrons. The van der Waals surface area contributed by atoms with Crippen molar-refractivity contribution in [3.63, 3.8) is 0 Å². The van der Waals surface area contributed by atoms with Gasteiger partial charge >= 0.3 is 0 Å². The number of rotatable bonds is 8. The minimum absolute atomic E-state index is 0.130. The third kappa shape index (κ3) is 5.80. The lowest BCUT2D eigenvalue weighted by Gasteiger charge is -2.14. The van der Waals surface area contributed by atoms with Crippen LogP contribution in [0, 0.1) is 5.92 Å². The van der Waals surface area contributed by atoms with Crippen LogP contribution in [0.5, 0.6) is 0 Å². The number of carbonyl (C=O) groups is 1. The zero-order valence-electron chi connectivity index (χ0n) is 14.1. The molecule has 0 spiro atoms. The molecular weight excluding hydrogens is 272 g/mol. The van der Waals surface area contributed by atoms with Crippen LogP contribution in [0.1, 0.15) is 51.5 Å². The summed E-state index contributed by atoms with van der Waals surface area (Å²) < 4.78 is 0. The quantitative estimate of drug-likeness (QED) is 0.784. The first kappa shape index (κ1) is 17.0. The number of hydrogen-bond donors (Lipinski definition) is 1. The monoisotopic (exact) mass is 302 g/mol. The first-order chi connectivity index (χ1) is 10.7. The number of likely N-dealkylation sites (tertiary alicyclic amines) is 1. The number of carbonyl (C=O) groups excluding carboxylic acids is 1. The fourth-order valence-corrected chi connectivity index (χ4v) is 3.17. The maximum atomic E-state index is 12.0. The molecule has 1 atom stereocenters. The van der Waals surface area contributed by atoms with Crippen LogP contribution in [-0.4, -0.2) is 30.4 Å². The molecule has 2 rings (SSSR count). The molecule has 1 aliphatic rings. The summed E-state index contributed by atoms with van der Waals surface area (Å²) >= 11 is 0. The Bertz CT molecular complexity index is 449. The van der Waals surface area contributed by atoms with Crippen molar-refractivity contribution in [1.29, 1.82) is 0 Å². The van der Waals surface area contributed by atoms with E-state index >= 15 is 0 Å². The van der Waals surface area contributed by atoms with Crippen LogP contribution in [0.15, 0.2) is 24.3 Å². The lowest BCUT2D eigenvalue weighted by molar-refractivity contribution is -0.117. The standard InChI is InChI=1S/C19H30N2O/c1-3-6-16(2)15-19(22)20-18-9-7-17(8-10-18)11-14-21-12-4-5-13-21/h7-10,16H,3-6,11-15H2,1-2H3,(H,20,22). The summed E-state index contributed by atoms with van der Waals surface area (Å²) in [6, 6.07) is 8.34. The van der Waals surface area contributed by atoms with Gasteiger partial charge in [0.2, 0.25) is 5.91 Å². The normalized spacial score (nSPS) is 16.6. The van der Waals surface area contributed by atoms with Gasteiger partial charge in [0.1, 0.15) is 0 Å². The molecule has 0 aliphatic carbocycles. The molecule has 1 aliphatic heterocycles. The van der Waals surface area contributed by atoms with Gasteiger partial charge in [-0.25, -0.2) is 0 Å². The molecule has 0 aromatic heterocycles. The molecule has 1 heterocycles. The van der Waals surface area contributed by atoms with Crippen LogP contribution < -0.4 is 5.32 Å². The van der Waals surface area contributed by atoms with Gasteiger partial charge in [-0.05, 0) is 56.0 Å². The van der Waals surface area contributed by atoms with E-state index in [0.717, 1.165) is 31.5 Å². The van der Waals surface area contributed by atoms with Crippen LogP contribution in [0.3, 0.4) is 0 Å². The van der Waals surface area contributed by atoms with Crippen LogP contribution in [0.25, 0.3) is 0 Å². The zero-order chi connectivity index (χ0) is 15.8. The molecule has 122 valence electrons. The Labute approximate surface area is 135 Å². The Morgan fingerprint density at radius 2 is 1.91 bits per heavy atom. The molecule has 0 bridgehead atoms. The summed E-state index contributed by atoms with van der Waals surface area (Å²) in [5.41, 5.74) is 2.27. The van der Waals surface area contributed by atoms with Crippen LogP contribution in [0.2, 0.25) is 0 Å². The van der Waals surface area contributed by atoms with Crippen molar-refractivity contribution in [2.75, 3.05) is 25.0 Å². The van der Waals surface area contributed by atoms with Crippen molar-refractivity contribution in [1.82, 2.24) is 4.90 Å². The van der Waals surface area contributed by atoms with Gasteiger partial charge < -0.3 is 10.2 Å². The summed E-state index contributed by atoms with van der Waals surface area (Å²) in [6.45, 7) is 7.97. The highest BCUT2D eigenvalue weighted by Gasteiger charge is 2.11. The molecule has 1 aromatic rings. The van der Waals surface area contributed by atoms with Crippen molar-refractivity contribution in [3.05, 3.63) is 29.8 Å². The van der Waals surface area contributed by atoms with E-state index in [1.807, 2.05) is 12.1 Å². The van der Waals surface area contributed by atoms with E-state index in [1.165, 1.54) is 31.5 Å². The molecule has 3 nitrogen and oxygen atoms in total. The molecular formula is C19H30N2O. The van der Waals surface area contributed by atoms with Crippen LogP contribution in [0.4, 0.5) is 5.69 Å². The second kappa shape index (κ2) is 8.94. The molecule has 3 heteroatoms. The molecule has 1 unspecified atom stereocenters. The molecule has 1 aromatic carbocycles. The van der Waals surface area contributed by atoms with Gasteiger partial charge in [-0.15, -0.1) is 0 Å². The van der Waals surface area contributed by atoms with Crippen molar-refractivity contribution in [2.24, 2.45) is 5.92 Å². The predicted octanol–water partition coefficient (Wildman–Crippen LogP) is 4.09. The molecule has 1 amide bonds. The maximum absolute atomic E-state index is 12.0. The number of hydrogen-bond acceptors (Lipinski definition) is 2. The number of nitrogens with zero attached hydrogens (tertiary/aromatic N) is 1. The van der Waals surface area contributed by atoms with E-state index in [-0.39, 0.29) is 5.91 Å². The Morgan fingerprint density at radius 3 is 2.55 bits per heavy atom. The number of benzene rings is 1. The lowest BCUT2D eigenvalue weighted by atomic mass is 10.0. The average molecular weight is 302 g/mol. The summed E-state index contributed by atoms with van der Waals surface area (Å²) in [5.74, 6) is 0.593. The SMILES string of the molecule is CCCC(C)CC(=O)Nc1ccc(CCN2CCCC2)cc1. The van der Waals surface area contributed by atoms with Gasteiger partial charge in [0, 0.05) is 18.7 Å². The predicted molar refractivity (Wildman–Crippen MR) is 93.1 cm³/mol. The Balaban J connectivity index is 1.74. The third-order valence-corrected chi connectivity index (χ3v) is 4.47. The third-order valence-electron chi connectivity index (χ3n) is 4.47. The summed E-state index contributed by atoms with van der Waals surface area (Å²) in [7, 11) is 0. The van der Waals surface area contributed by atoms with E-state index in [0.29, 0.717) is 12.3 Å². The molecule has 1 fully saturated rings. The number of nitrogens with one attached hydrogen (secondary N) is 1. The van der Waals surface area contributed by atoms with E-state index in [2.05, 4.69) is 36.2 Å². The Morgan fingerprint density at radius 1 is 1.23 bits per heavy atom. The number of amides is 1. The lowest BCUT2D eigenvalue weighted by Crippen LogP contribution is -2.21. The first-order valence-electron chi connectivity index (χ1n) is 8.78. The van der Waals surface area contributed by atoms with Crippen molar-refractivity contribution < 1.29 is 4.79 Å². The minimum Gasteiger partial charge on any atom is -0.326 e. The average Bonchev–Trinajstić information content (AvgIpc) is 3.00. The summed E-state index contributed by atoms with van der Waals surface area (Å²) in [4.78, 5) is 14.5. The van der Waals surface area contributed by atoms with Crippen LogP contribution >= 0.6 is 0 Å². The Kier molecular flexibility index (Phi) is 6.91. The molecule has 1 N–H and O–H groups in total. The smallest absolute Gasteiger partial charge is 0.224 e. The van der Waals surface area contributed by atoms with Gasteiger partial charge in [0.25, 0.3) is 0 Å².